The molecule has 212 valence electrons. The molecule has 1 spiro atoms. The van der Waals surface area contributed by atoms with Gasteiger partial charge in [0.15, 0.2) is 6.10 Å². The van der Waals surface area contributed by atoms with Crippen LogP contribution in [-0.2, 0) is 39.8 Å². The molecule has 1 amide bonds. The highest BCUT2D eigenvalue weighted by molar-refractivity contribution is 6.01. The second kappa shape index (κ2) is 10.5. The third-order valence-corrected chi connectivity index (χ3v) is 9.06. The van der Waals surface area contributed by atoms with Gasteiger partial charge in [-0.2, -0.15) is 0 Å². The van der Waals surface area contributed by atoms with Crippen molar-refractivity contribution < 1.29 is 33.4 Å². The van der Waals surface area contributed by atoms with Crippen LogP contribution in [0.3, 0.4) is 0 Å². The molecule has 3 aliphatic heterocycles. The number of rotatable bonds is 3. The number of esters is 2. The first-order chi connectivity index (χ1) is 19.0. The van der Waals surface area contributed by atoms with Gasteiger partial charge in [0, 0.05) is 25.0 Å². The van der Waals surface area contributed by atoms with Gasteiger partial charge >= 0.3 is 11.9 Å². The number of benzene rings is 1. The minimum Gasteiger partial charge on any atom is -0.450 e. The van der Waals surface area contributed by atoms with E-state index in [4.69, 9.17) is 14.2 Å². The fourth-order valence-electron chi connectivity index (χ4n) is 7.03. The zero-order valence-electron chi connectivity index (χ0n) is 23.6. The van der Waals surface area contributed by atoms with E-state index in [1.807, 2.05) is 55.5 Å². The normalized spacial score (nSPS) is 42.0. The van der Waals surface area contributed by atoms with Crippen molar-refractivity contribution in [2.75, 3.05) is 0 Å². The van der Waals surface area contributed by atoms with Crippen LogP contribution in [0.2, 0.25) is 0 Å². The van der Waals surface area contributed by atoms with Crippen molar-refractivity contribution in [2.45, 2.75) is 76.9 Å². The molecule has 2 saturated heterocycles. The van der Waals surface area contributed by atoms with Crippen molar-refractivity contribution in [1.82, 2.24) is 5.32 Å². The number of hydrogen-bond acceptors (Lipinski definition) is 7. The first-order valence-electron chi connectivity index (χ1n) is 14.0. The summed E-state index contributed by atoms with van der Waals surface area (Å²) in [7, 11) is 0. The van der Waals surface area contributed by atoms with Crippen molar-refractivity contribution >= 4 is 23.6 Å². The lowest BCUT2D eigenvalue weighted by Crippen LogP contribution is -2.61. The lowest BCUT2D eigenvalue weighted by atomic mass is 9.59. The van der Waals surface area contributed by atoms with Gasteiger partial charge in [-0.3, -0.25) is 14.4 Å². The number of nitrogens with one attached hydrogen (secondary N) is 1. The predicted octanol–water partition coefficient (Wildman–Crippen LogP) is 3.65. The summed E-state index contributed by atoms with van der Waals surface area (Å²) in [5, 5.41) is 3.17. The smallest absolute Gasteiger partial charge is 0.331 e. The van der Waals surface area contributed by atoms with Gasteiger partial charge in [-0.05, 0) is 55.7 Å². The largest absolute Gasteiger partial charge is 0.450 e. The fourth-order valence-corrected chi connectivity index (χ4v) is 7.03. The van der Waals surface area contributed by atoms with E-state index in [0.29, 0.717) is 18.4 Å². The summed E-state index contributed by atoms with van der Waals surface area (Å²) in [6, 6.07) is 9.63. The van der Waals surface area contributed by atoms with Gasteiger partial charge < -0.3 is 19.5 Å². The van der Waals surface area contributed by atoms with Crippen LogP contribution in [0.4, 0.5) is 0 Å². The summed E-state index contributed by atoms with van der Waals surface area (Å²) in [5.41, 5.74) is -0.308. The van der Waals surface area contributed by atoms with E-state index in [1.165, 1.54) is 6.92 Å². The van der Waals surface area contributed by atoms with Gasteiger partial charge in [0.05, 0.1) is 17.6 Å². The van der Waals surface area contributed by atoms with E-state index in [2.05, 4.69) is 19.2 Å². The molecular weight excluding hydrogens is 510 g/mol. The zero-order valence-corrected chi connectivity index (χ0v) is 23.6. The van der Waals surface area contributed by atoms with Gasteiger partial charge in [-0.1, -0.05) is 62.4 Å². The Hall–Kier alpha value is -3.52. The summed E-state index contributed by atoms with van der Waals surface area (Å²) in [6.07, 6.45) is 7.70. The van der Waals surface area contributed by atoms with Crippen LogP contribution in [-0.4, -0.2) is 53.1 Å². The number of amides is 1. The molecular formula is C32H37NO7. The summed E-state index contributed by atoms with van der Waals surface area (Å²) in [4.78, 5) is 52.1. The van der Waals surface area contributed by atoms with E-state index in [9.17, 15) is 19.2 Å². The number of ether oxygens (including phenoxy) is 3. The first kappa shape index (κ1) is 28.0. The first-order valence-corrected chi connectivity index (χ1v) is 14.0. The fraction of sp³-hybridized carbons (Fsp3) is 0.500. The number of hydrogen-bond donors (Lipinski definition) is 1. The Labute approximate surface area is 234 Å². The number of carbonyl (C=O) groups excluding carboxylic acids is 4. The Morgan fingerprint density at radius 2 is 1.85 bits per heavy atom. The lowest BCUT2D eigenvalue weighted by molar-refractivity contribution is -0.177. The van der Waals surface area contributed by atoms with Crippen LogP contribution in [0, 0.1) is 23.7 Å². The van der Waals surface area contributed by atoms with E-state index < -0.39 is 40.9 Å². The Morgan fingerprint density at radius 1 is 1.12 bits per heavy atom. The monoisotopic (exact) mass is 547 g/mol. The van der Waals surface area contributed by atoms with Crippen molar-refractivity contribution in [3.05, 3.63) is 71.8 Å². The molecule has 3 heterocycles. The van der Waals surface area contributed by atoms with Gasteiger partial charge in [0.25, 0.3) is 5.91 Å². The van der Waals surface area contributed by atoms with Crippen molar-refractivity contribution in [3.63, 3.8) is 0 Å². The number of fused-ring (bicyclic) bond motifs is 2. The SMILES string of the molecule is CC(=O)O[C@H]1C(=O)/C=C/C(=O)OC23C(=O)N[C@@H](Cc4ccccc4)[C@@H]2[C@H](C)[C@@]2(C)O[C@H]2C3/C=C/C[C@H](C)/C=C/1C. The maximum atomic E-state index is 14.0. The Kier molecular flexibility index (Phi) is 7.33. The van der Waals surface area contributed by atoms with E-state index in [1.54, 1.807) is 6.92 Å². The third-order valence-electron chi connectivity index (χ3n) is 9.06. The second-order valence-corrected chi connectivity index (χ2v) is 11.8. The number of carbonyl (C=O) groups is 4. The van der Waals surface area contributed by atoms with Gasteiger partial charge in [-0.25, -0.2) is 4.79 Å². The molecule has 0 aromatic heterocycles. The van der Waals surface area contributed by atoms with Crippen LogP contribution in [0.1, 0.15) is 46.6 Å². The second-order valence-electron chi connectivity index (χ2n) is 11.8. The minimum atomic E-state index is -1.51. The third kappa shape index (κ3) is 4.83. The molecule has 5 rings (SSSR count). The van der Waals surface area contributed by atoms with Crippen LogP contribution in [0.25, 0.3) is 0 Å². The molecule has 2 unspecified atom stereocenters. The molecule has 1 saturated carbocycles. The van der Waals surface area contributed by atoms with Crippen LogP contribution in [0.5, 0.6) is 0 Å². The summed E-state index contributed by atoms with van der Waals surface area (Å²) in [6.45, 7) is 9.09. The molecule has 8 heteroatoms. The summed E-state index contributed by atoms with van der Waals surface area (Å²) >= 11 is 0. The average molecular weight is 548 g/mol. The molecule has 1 N–H and O–H groups in total. The van der Waals surface area contributed by atoms with Crippen molar-refractivity contribution in [1.29, 1.82) is 0 Å². The van der Waals surface area contributed by atoms with E-state index in [-0.39, 0.29) is 35.8 Å². The zero-order chi connectivity index (χ0) is 28.8. The topological polar surface area (TPSA) is 111 Å². The standard InChI is InChI=1S/C32H37NO7/c1-18-10-9-13-23-29-31(5,40-29)20(3)27-24(17-22-11-7-6-8-12-22)33-30(37)32(23,27)39-26(36)15-14-25(35)28(19(2)16-18)38-21(4)34/h6-9,11-16,18,20,23-24,27-29H,10,17H2,1-5H3,(H,33,37)/b13-9+,15-14+,19-16+/t18-,20-,23?,24-,27-,28+,29-,31+,32?/m0/s1. The highest BCUT2D eigenvalue weighted by Crippen LogP contribution is 2.63. The van der Waals surface area contributed by atoms with Crippen molar-refractivity contribution in [3.8, 4) is 0 Å². The lowest BCUT2D eigenvalue weighted by Gasteiger charge is -2.45. The quantitative estimate of drug-likeness (QED) is 0.349. The number of allylic oxidation sites excluding steroid dienone is 2. The molecule has 4 aliphatic rings. The Bertz CT molecular complexity index is 1300. The summed E-state index contributed by atoms with van der Waals surface area (Å²) < 4.78 is 17.8. The maximum absolute atomic E-state index is 14.0. The highest BCUT2D eigenvalue weighted by Gasteiger charge is 2.78. The molecule has 0 radical (unpaired) electrons. The maximum Gasteiger partial charge on any atom is 0.331 e. The molecule has 9 atom stereocenters. The molecule has 1 aromatic carbocycles. The minimum absolute atomic E-state index is 0.0144. The molecule has 3 fully saturated rings. The van der Waals surface area contributed by atoms with Crippen LogP contribution < -0.4 is 5.32 Å². The number of epoxide rings is 1. The molecule has 1 aromatic rings. The van der Waals surface area contributed by atoms with Crippen LogP contribution >= 0.6 is 0 Å². The van der Waals surface area contributed by atoms with E-state index in [0.717, 1.165) is 17.7 Å². The molecule has 1 aliphatic carbocycles. The predicted molar refractivity (Wildman–Crippen MR) is 147 cm³/mol. The van der Waals surface area contributed by atoms with Crippen LogP contribution in [0.15, 0.2) is 66.3 Å². The molecule has 40 heavy (non-hydrogen) atoms. The summed E-state index contributed by atoms with van der Waals surface area (Å²) in [5.74, 6) is -3.26. The van der Waals surface area contributed by atoms with Gasteiger partial charge in [0.1, 0.15) is 0 Å². The Morgan fingerprint density at radius 3 is 2.55 bits per heavy atom. The van der Waals surface area contributed by atoms with Gasteiger partial charge in [-0.15, -0.1) is 0 Å². The molecule has 0 bridgehead atoms. The Balaban J connectivity index is 1.57. The number of ketones is 1. The van der Waals surface area contributed by atoms with Gasteiger partial charge in [0.2, 0.25) is 11.4 Å². The molecule has 8 nitrogen and oxygen atoms in total. The van der Waals surface area contributed by atoms with E-state index >= 15 is 0 Å². The average Bonchev–Trinajstić information content (AvgIpc) is 3.52. The van der Waals surface area contributed by atoms with Crippen molar-refractivity contribution in [2.24, 2.45) is 23.7 Å². The highest BCUT2D eigenvalue weighted by atomic mass is 16.6.